The molecule has 1 saturated carbocycles. The van der Waals surface area contributed by atoms with Crippen molar-refractivity contribution in [2.75, 3.05) is 19.7 Å². The summed E-state index contributed by atoms with van der Waals surface area (Å²) in [7, 11) is 0. The Morgan fingerprint density at radius 1 is 0.938 bits per heavy atom. The summed E-state index contributed by atoms with van der Waals surface area (Å²) in [6, 6.07) is 0. The summed E-state index contributed by atoms with van der Waals surface area (Å²) in [5.41, 5.74) is 0. The zero-order chi connectivity index (χ0) is 11.1. The van der Waals surface area contributed by atoms with Gasteiger partial charge in [0.1, 0.15) is 0 Å². The van der Waals surface area contributed by atoms with Crippen LogP contribution in [0.3, 0.4) is 0 Å². The molecule has 0 bridgehead atoms. The first-order valence-corrected chi connectivity index (χ1v) is 7.27. The van der Waals surface area contributed by atoms with Crippen molar-refractivity contribution in [1.82, 2.24) is 5.32 Å². The summed E-state index contributed by atoms with van der Waals surface area (Å²) >= 11 is 0. The van der Waals surface area contributed by atoms with E-state index in [-0.39, 0.29) is 0 Å². The van der Waals surface area contributed by atoms with Crippen molar-refractivity contribution in [3.05, 3.63) is 0 Å². The summed E-state index contributed by atoms with van der Waals surface area (Å²) in [6.07, 6.45) is 12.8. The van der Waals surface area contributed by atoms with Crippen LogP contribution in [0.1, 0.15) is 57.8 Å². The second kappa shape index (κ2) is 7.29. The Balaban J connectivity index is 1.55. The average molecular weight is 225 g/mol. The molecule has 0 aromatic rings. The van der Waals surface area contributed by atoms with Gasteiger partial charge < -0.3 is 10.1 Å². The Morgan fingerprint density at radius 3 is 2.44 bits per heavy atom. The molecule has 0 aromatic carbocycles. The molecule has 2 heteroatoms. The molecule has 0 aromatic heterocycles. The average Bonchev–Trinajstić information content (AvgIpc) is 2.59. The van der Waals surface area contributed by atoms with Crippen molar-refractivity contribution in [3.8, 4) is 0 Å². The van der Waals surface area contributed by atoms with Crippen LogP contribution in [0.15, 0.2) is 0 Å². The number of ether oxygens (including phenoxy) is 1. The summed E-state index contributed by atoms with van der Waals surface area (Å²) in [5.74, 6) is 0.875. The molecular formula is C14H27NO. The van der Waals surface area contributed by atoms with E-state index in [9.17, 15) is 0 Å². The van der Waals surface area contributed by atoms with Crippen LogP contribution in [0.25, 0.3) is 0 Å². The number of hydrogen-bond donors (Lipinski definition) is 1. The SMILES string of the molecule is C1CCCC(OCCC2CCCNC2)CC1. The zero-order valence-electron chi connectivity index (χ0n) is 10.5. The second-order valence-corrected chi connectivity index (χ2v) is 5.49. The molecule has 0 amide bonds. The Bertz CT molecular complexity index is 170. The van der Waals surface area contributed by atoms with Crippen LogP contribution in [0.4, 0.5) is 0 Å². The third-order valence-electron chi connectivity index (χ3n) is 4.08. The fourth-order valence-corrected chi connectivity index (χ4v) is 2.98. The number of piperidine rings is 1. The van der Waals surface area contributed by atoms with Crippen molar-refractivity contribution in [2.45, 2.75) is 63.9 Å². The van der Waals surface area contributed by atoms with Crippen LogP contribution in [0, 0.1) is 5.92 Å². The minimum absolute atomic E-state index is 0.582. The molecule has 16 heavy (non-hydrogen) atoms. The van der Waals surface area contributed by atoms with Gasteiger partial charge in [-0.15, -0.1) is 0 Å². The third kappa shape index (κ3) is 4.42. The largest absolute Gasteiger partial charge is 0.378 e. The molecular weight excluding hydrogens is 198 g/mol. The number of rotatable bonds is 4. The molecule has 2 rings (SSSR count). The molecule has 0 radical (unpaired) electrons. The number of hydrogen-bond acceptors (Lipinski definition) is 2. The summed E-state index contributed by atoms with van der Waals surface area (Å²) < 4.78 is 6.04. The monoisotopic (exact) mass is 225 g/mol. The van der Waals surface area contributed by atoms with Crippen molar-refractivity contribution < 1.29 is 4.74 Å². The van der Waals surface area contributed by atoms with Gasteiger partial charge in [0.15, 0.2) is 0 Å². The molecule has 1 aliphatic carbocycles. The van der Waals surface area contributed by atoms with Crippen LogP contribution in [-0.2, 0) is 4.74 Å². The van der Waals surface area contributed by atoms with Crippen LogP contribution in [0.5, 0.6) is 0 Å². The minimum atomic E-state index is 0.582. The van der Waals surface area contributed by atoms with Gasteiger partial charge in [0.25, 0.3) is 0 Å². The van der Waals surface area contributed by atoms with E-state index in [0.29, 0.717) is 6.10 Å². The van der Waals surface area contributed by atoms with E-state index in [1.54, 1.807) is 0 Å². The minimum Gasteiger partial charge on any atom is -0.378 e. The second-order valence-electron chi connectivity index (χ2n) is 5.49. The normalized spacial score (nSPS) is 28.9. The molecule has 2 nitrogen and oxygen atoms in total. The maximum Gasteiger partial charge on any atom is 0.0575 e. The molecule has 1 heterocycles. The standard InChI is InChI=1S/C14H27NO/c1-2-4-8-14(7-3-1)16-11-9-13-6-5-10-15-12-13/h13-15H,1-12H2. The molecule has 2 aliphatic rings. The maximum atomic E-state index is 6.04. The summed E-state index contributed by atoms with van der Waals surface area (Å²) in [6.45, 7) is 3.44. The first kappa shape index (κ1) is 12.4. The molecule has 94 valence electrons. The molecule has 1 aliphatic heterocycles. The van der Waals surface area contributed by atoms with Gasteiger partial charge in [0.05, 0.1) is 6.10 Å². The van der Waals surface area contributed by atoms with E-state index in [2.05, 4.69) is 5.32 Å². The van der Waals surface area contributed by atoms with Crippen molar-refractivity contribution in [3.63, 3.8) is 0 Å². The molecule has 1 unspecified atom stereocenters. The lowest BCUT2D eigenvalue weighted by molar-refractivity contribution is 0.0335. The van der Waals surface area contributed by atoms with E-state index >= 15 is 0 Å². The summed E-state index contributed by atoms with van der Waals surface area (Å²) in [4.78, 5) is 0. The van der Waals surface area contributed by atoms with Crippen LogP contribution in [-0.4, -0.2) is 25.8 Å². The van der Waals surface area contributed by atoms with E-state index in [1.165, 1.54) is 70.9 Å². The van der Waals surface area contributed by atoms with Crippen molar-refractivity contribution in [1.29, 1.82) is 0 Å². The highest BCUT2D eigenvalue weighted by molar-refractivity contribution is 4.69. The Morgan fingerprint density at radius 2 is 1.75 bits per heavy atom. The summed E-state index contributed by atoms with van der Waals surface area (Å²) in [5, 5.41) is 3.48. The fourth-order valence-electron chi connectivity index (χ4n) is 2.98. The third-order valence-corrected chi connectivity index (χ3v) is 4.08. The lowest BCUT2D eigenvalue weighted by Gasteiger charge is -2.23. The lowest BCUT2D eigenvalue weighted by Crippen LogP contribution is -2.30. The highest BCUT2D eigenvalue weighted by atomic mass is 16.5. The van der Waals surface area contributed by atoms with Crippen molar-refractivity contribution in [2.24, 2.45) is 5.92 Å². The van der Waals surface area contributed by atoms with E-state index in [0.717, 1.165) is 12.5 Å². The predicted molar refractivity (Wildman–Crippen MR) is 67.7 cm³/mol. The highest BCUT2D eigenvalue weighted by Crippen LogP contribution is 2.21. The van der Waals surface area contributed by atoms with Crippen LogP contribution in [0.2, 0.25) is 0 Å². The van der Waals surface area contributed by atoms with E-state index in [1.807, 2.05) is 0 Å². The van der Waals surface area contributed by atoms with Gasteiger partial charge in [-0.3, -0.25) is 0 Å². The molecule has 2 fully saturated rings. The quantitative estimate of drug-likeness (QED) is 0.742. The van der Waals surface area contributed by atoms with Gasteiger partial charge in [0, 0.05) is 6.61 Å². The predicted octanol–water partition coefficient (Wildman–Crippen LogP) is 3.12. The van der Waals surface area contributed by atoms with Gasteiger partial charge in [0.2, 0.25) is 0 Å². The van der Waals surface area contributed by atoms with Gasteiger partial charge in [-0.25, -0.2) is 0 Å². The van der Waals surface area contributed by atoms with E-state index in [4.69, 9.17) is 4.74 Å². The van der Waals surface area contributed by atoms with Gasteiger partial charge >= 0.3 is 0 Å². The Kier molecular flexibility index (Phi) is 5.64. The molecule has 0 spiro atoms. The molecule has 1 N–H and O–H groups in total. The topological polar surface area (TPSA) is 21.3 Å². The van der Waals surface area contributed by atoms with Crippen LogP contribution < -0.4 is 5.32 Å². The first-order valence-electron chi connectivity index (χ1n) is 7.27. The van der Waals surface area contributed by atoms with E-state index < -0.39 is 0 Å². The Labute approximate surface area is 100 Å². The van der Waals surface area contributed by atoms with Gasteiger partial charge in [-0.2, -0.15) is 0 Å². The number of nitrogens with one attached hydrogen (secondary N) is 1. The zero-order valence-corrected chi connectivity index (χ0v) is 10.5. The Hall–Kier alpha value is -0.0800. The van der Waals surface area contributed by atoms with Crippen molar-refractivity contribution >= 4 is 0 Å². The fraction of sp³-hybridized carbons (Fsp3) is 1.00. The maximum absolute atomic E-state index is 6.04. The highest BCUT2D eigenvalue weighted by Gasteiger charge is 2.15. The van der Waals surface area contributed by atoms with Gasteiger partial charge in [-0.05, 0) is 51.1 Å². The van der Waals surface area contributed by atoms with Crippen LogP contribution >= 0.6 is 0 Å². The molecule has 1 atom stereocenters. The smallest absolute Gasteiger partial charge is 0.0575 e. The first-order chi connectivity index (χ1) is 7.95. The lowest BCUT2D eigenvalue weighted by atomic mass is 9.97. The molecule has 1 saturated heterocycles. The van der Waals surface area contributed by atoms with Gasteiger partial charge in [-0.1, -0.05) is 25.7 Å².